The van der Waals surface area contributed by atoms with Crippen LogP contribution in [0.3, 0.4) is 0 Å². The fourth-order valence-corrected chi connectivity index (χ4v) is 6.24. The molecule has 0 bridgehead atoms. The third-order valence-corrected chi connectivity index (χ3v) is 8.84. The van der Waals surface area contributed by atoms with Gasteiger partial charge in [-0.3, -0.25) is 25.6 Å². The molecule has 0 aliphatic carbocycles. The molecule has 0 fully saturated rings. The van der Waals surface area contributed by atoms with Crippen LogP contribution in [0.4, 0.5) is 26.7 Å². The van der Waals surface area contributed by atoms with Gasteiger partial charge >= 0.3 is 17.9 Å². The molecule has 0 heterocycles. The number of aliphatic hydroxyl groups is 1. The number of carbonyl (C=O) groups excluding carboxylic acids is 2. The molecular weight excluding hydrogens is 737 g/mol. The number of nitro benzene ring substituents is 1. The van der Waals surface area contributed by atoms with E-state index in [0.717, 1.165) is 22.3 Å². The minimum absolute atomic E-state index is 0.111. The van der Waals surface area contributed by atoms with Gasteiger partial charge in [0, 0.05) is 43.0 Å². The minimum Gasteiger partial charge on any atom is -0.482 e. The Morgan fingerprint density at radius 3 is 1.60 bits per heavy atom. The van der Waals surface area contributed by atoms with Crippen molar-refractivity contribution in [3.05, 3.63) is 165 Å². The van der Waals surface area contributed by atoms with Crippen LogP contribution in [0, 0.1) is 10.1 Å². The molecule has 0 unspecified atom stereocenters. The summed E-state index contributed by atoms with van der Waals surface area (Å²) in [6, 6.07) is 38.7. The molecule has 0 aliphatic heterocycles. The minimum atomic E-state index is -1.09. The number of hydrogen-bond acceptors (Lipinski definition) is 9. The lowest BCUT2D eigenvalue weighted by Gasteiger charge is -2.30. The van der Waals surface area contributed by atoms with Crippen molar-refractivity contribution in [3.8, 4) is 5.75 Å². The molecule has 0 saturated carbocycles. The van der Waals surface area contributed by atoms with Crippen LogP contribution >= 0.6 is 0 Å². The molecule has 0 saturated heterocycles. The number of benzene rings is 5. The maximum atomic E-state index is 12.5. The predicted octanol–water partition coefficient (Wildman–Crippen LogP) is 10.2. The van der Waals surface area contributed by atoms with E-state index >= 15 is 0 Å². The van der Waals surface area contributed by atoms with Crippen LogP contribution in [0.2, 0.25) is 0 Å². The molecule has 2 amide bonds. The molecular formula is C46H52N4O8. The number of amides is 2. The first-order valence-corrected chi connectivity index (χ1v) is 19.1. The number of ether oxygens (including phenoxy) is 3. The van der Waals surface area contributed by atoms with E-state index in [1.165, 1.54) is 12.1 Å². The summed E-state index contributed by atoms with van der Waals surface area (Å²) in [4.78, 5) is 38.8. The maximum absolute atomic E-state index is 12.5. The Morgan fingerprint density at radius 2 is 1.14 bits per heavy atom. The van der Waals surface area contributed by atoms with Crippen molar-refractivity contribution in [1.29, 1.82) is 0 Å². The summed E-state index contributed by atoms with van der Waals surface area (Å²) in [7, 11) is 0. The molecule has 0 spiro atoms. The highest BCUT2D eigenvalue weighted by molar-refractivity contribution is 5.85. The number of rotatable bonds is 15. The Balaban J connectivity index is 1.44. The third kappa shape index (κ3) is 13.5. The van der Waals surface area contributed by atoms with Crippen LogP contribution in [0.15, 0.2) is 127 Å². The monoisotopic (exact) mass is 788 g/mol. The molecule has 5 aromatic carbocycles. The lowest BCUT2D eigenvalue weighted by molar-refractivity contribution is -0.386. The standard InChI is InChI=1S/C46H52N4O8/c1-45(2,3)57-43(52)47-37-22-17-34(18-23-37)39(35-19-24-38(25-20-35)48-44(53)58-46(4,5)6)29-49(28-32-13-9-7-10-14-32)30-41(51)36-21-26-42(40(27-36)50(54)55)56-31-33-15-11-8-12-16-33/h7-27,39,41,51H,28-31H2,1-6H3,(H,47,52)(H,48,53)/t41-/m0/s1. The van der Waals surface area contributed by atoms with Crippen molar-refractivity contribution >= 4 is 29.2 Å². The average Bonchev–Trinajstić information content (AvgIpc) is 3.16. The van der Waals surface area contributed by atoms with E-state index in [9.17, 15) is 24.8 Å². The highest BCUT2D eigenvalue weighted by atomic mass is 16.6. The van der Waals surface area contributed by atoms with Crippen LogP contribution in [0.1, 0.15) is 81.4 Å². The molecule has 0 aromatic heterocycles. The van der Waals surface area contributed by atoms with Gasteiger partial charge in [-0.1, -0.05) is 91.0 Å². The summed E-state index contributed by atoms with van der Waals surface area (Å²) >= 11 is 0. The van der Waals surface area contributed by atoms with Gasteiger partial charge in [-0.25, -0.2) is 9.59 Å². The van der Waals surface area contributed by atoms with E-state index in [1.54, 1.807) is 47.6 Å². The Labute approximate surface area is 339 Å². The Kier molecular flexibility index (Phi) is 14.3. The largest absolute Gasteiger partial charge is 0.482 e. The second-order valence-corrected chi connectivity index (χ2v) is 16.0. The van der Waals surface area contributed by atoms with Gasteiger partial charge in [-0.15, -0.1) is 0 Å². The number of anilines is 2. The van der Waals surface area contributed by atoms with Crippen molar-refractivity contribution in [3.63, 3.8) is 0 Å². The second kappa shape index (κ2) is 19.3. The van der Waals surface area contributed by atoms with Crippen LogP contribution in [0.5, 0.6) is 5.75 Å². The van der Waals surface area contributed by atoms with Gasteiger partial charge < -0.3 is 19.3 Å². The van der Waals surface area contributed by atoms with Gasteiger partial charge in [-0.05, 0) is 99.7 Å². The van der Waals surface area contributed by atoms with E-state index in [1.807, 2.05) is 109 Å². The number of nitro groups is 1. The molecule has 1 atom stereocenters. The first kappa shape index (κ1) is 42.9. The molecule has 5 aromatic rings. The van der Waals surface area contributed by atoms with Gasteiger partial charge in [0.05, 0.1) is 11.0 Å². The first-order chi connectivity index (χ1) is 27.5. The normalized spacial score (nSPS) is 12.2. The molecule has 12 heteroatoms. The SMILES string of the molecule is CC(C)(C)OC(=O)Nc1ccc(C(CN(Cc2ccccc2)C[C@H](O)c2ccc(OCc3ccccc3)c([N+](=O)[O-])c2)c2ccc(NC(=O)OC(C)(C)C)cc2)cc1. The first-order valence-electron chi connectivity index (χ1n) is 19.1. The maximum Gasteiger partial charge on any atom is 0.412 e. The molecule has 0 aliphatic rings. The van der Waals surface area contributed by atoms with Crippen LogP contribution in [-0.2, 0) is 22.6 Å². The summed E-state index contributed by atoms with van der Waals surface area (Å²) in [5.74, 6) is -0.148. The van der Waals surface area contributed by atoms with Crippen LogP contribution < -0.4 is 15.4 Å². The molecule has 0 radical (unpaired) electrons. The van der Waals surface area contributed by atoms with Crippen LogP contribution in [0.25, 0.3) is 0 Å². The highest BCUT2D eigenvalue weighted by Crippen LogP contribution is 2.33. The molecule has 3 N–H and O–H groups in total. The van der Waals surface area contributed by atoms with Gasteiger partial charge in [0.15, 0.2) is 5.75 Å². The van der Waals surface area contributed by atoms with Crippen molar-refractivity contribution < 1.29 is 33.8 Å². The van der Waals surface area contributed by atoms with E-state index in [0.29, 0.717) is 30.0 Å². The summed E-state index contributed by atoms with van der Waals surface area (Å²) in [6.07, 6.45) is -2.22. The van der Waals surface area contributed by atoms with Crippen molar-refractivity contribution in [2.45, 2.75) is 77.9 Å². The summed E-state index contributed by atoms with van der Waals surface area (Å²) in [5, 5.41) is 29.5. The molecule has 12 nitrogen and oxygen atoms in total. The Hall–Kier alpha value is -6.24. The number of nitrogens with one attached hydrogen (secondary N) is 2. The fraction of sp³-hybridized carbons (Fsp3) is 0.304. The topological polar surface area (TPSA) is 152 Å². The van der Waals surface area contributed by atoms with Crippen molar-refractivity contribution in [1.82, 2.24) is 4.90 Å². The van der Waals surface area contributed by atoms with Gasteiger partial charge in [0.1, 0.15) is 17.8 Å². The van der Waals surface area contributed by atoms with E-state index in [4.69, 9.17) is 14.2 Å². The smallest absolute Gasteiger partial charge is 0.412 e. The number of hydrogen-bond donors (Lipinski definition) is 3. The van der Waals surface area contributed by atoms with E-state index in [2.05, 4.69) is 15.5 Å². The van der Waals surface area contributed by atoms with Gasteiger partial charge in [0.2, 0.25) is 0 Å². The average molecular weight is 789 g/mol. The fourth-order valence-electron chi connectivity index (χ4n) is 6.24. The van der Waals surface area contributed by atoms with E-state index < -0.39 is 34.4 Å². The predicted molar refractivity (Wildman–Crippen MR) is 225 cm³/mol. The number of nitrogens with zero attached hydrogens (tertiary/aromatic N) is 2. The summed E-state index contributed by atoms with van der Waals surface area (Å²) < 4.78 is 16.7. The van der Waals surface area contributed by atoms with Crippen molar-refractivity contribution in [2.24, 2.45) is 0 Å². The zero-order valence-electron chi connectivity index (χ0n) is 33.8. The molecule has 5 rings (SSSR count). The lowest BCUT2D eigenvalue weighted by atomic mass is 9.90. The molecule has 304 valence electrons. The zero-order chi connectivity index (χ0) is 41.9. The Bertz CT molecular complexity index is 2040. The number of carbonyl (C=O) groups is 2. The van der Waals surface area contributed by atoms with E-state index in [-0.39, 0.29) is 30.5 Å². The second-order valence-electron chi connectivity index (χ2n) is 16.0. The third-order valence-electron chi connectivity index (χ3n) is 8.84. The quantitative estimate of drug-likeness (QED) is 0.0695. The van der Waals surface area contributed by atoms with Gasteiger partial charge in [-0.2, -0.15) is 0 Å². The summed E-state index contributed by atoms with van der Waals surface area (Å²) in [6.45, 7) is 12.0. The van der Waals surface area contributed by atoms with Gasteiger partial charge in [0.25, 0.3) is 0 Å². The lowest BCUT2D eigenvalue weighted by Crippen LogP contribution is -2.33. The summed E-state index contributed by atoms with van der Waals surface area (Å²) in [5.41, 5.74) is 3.67. The zero-order valence-corrected chi connectivity index (χ0v) is 33.8. The van der Waals surface area contributed by atoms with Crippen molar-refractivity contribution in [2.75, 3.05) is 23.7 Å². The molecule has 58 heavy (non-hydrogen) atoms. The highest BCUT2D eigenvalue weighted by Gasteiger charge is 2.25. The van der Waals surface area contributed by atoms with Crippen LogP contribution in [-0.4, -0.2) is 51.4 Å². The number of aliphatic hydroxyl groups excluding tert-OH is 1. The Morgan fingerprint density at radius 1 is 0.672 bits per heavy atom.